The number of hydrogen-bond acceptors (Lipinski definition) is 4. The van der Waals surface area contributed by atoms with Crippen molar-refractivity contribution < 1.29 is 0 Å². The average Bonchev–Trinajstić information content (AvgIpc) is 3.03. The van der Waals surface area contributed by atoms with Gasteiger partial charge in [0, 0.05) is 23.3 Å². The van der Waals surface area contributed by atoms with Crippen molar-refractivity contribution in [3.63, 3.8) is 0 Å². The molecule has 2 bridgehead atoms. The molecule has 0 aliphatic heterocycles. The molecule has 4 saturated carbocycles. The maximum atomic E-state index is 5.49. The van der Waals surface area contributed by atoms with Gasteiger partial charge in [-0.2, -0.15) is 10.2 Å². The van der Waals surface area contributed by atoms with Crippen molar-refractivity contribution in [2.45, 2.75) is 19.3 Å². The molecular formula is C13H18N6S2. The van der Waals surface area contributed by atoms with E-state index in [1.54, 1.807) is 0 Å². The van der Waals surface area contributed by atoms with Crippen molar-refractivity contribution in [2.24, 2.45) is 57.2 Å². The summed E-state index contributed by atoms with van der Waals surface area (Å²) < 4.78 is 0. The van der Waals surface area contributed by atoms with E-state index in [1.165, 1.54) is 17.8 Å². The Labute approximate surface area is 133 Å². The molecule has 4 fully saturated rings. The minimum atomic E-state index is 0.227. The van der Waals surface area contributed by atoms with Crippen LogP contribution in [-0.4, -0.2) is 21.6 Å². The fourth-order valence-electron chi connectivity index (χ4n) is 5.42. The van der Waals surface area contributed by atoms with Crippen LogP contribution in [0.1, 0.15) is 19.3 Å². The summed E-state index contributed by atoms with van der Waals surface area (Å²) in [5.41, 5.74) is 18.9. The fourth-order valence-corrected chi connectivity index (χ4v) is 5.51. The predicted octanol–water partition coefficient (Wildman–Crippen LogP) is 0.287. The van der Waals surface area contributed by atoms with Crippen LogP contribution in [0.15, 0.2) is 10.2 Å². The first-order chi connectivity index (χ1) is 10.1. The zero-order valence-corrected chi connectivity index (χ0v) is 13.1. The average molecular weight is 322 g/mol. The number of fused-ring (bicyclic) bond motifs is 2. The van der Waals surface area contributed by atoms with Crippen molar-refractivity contribution in [2.75, 3.05) is 0 Å². The maximum absolute atomic E-state index is 5.49. The number of hydrazone groups is 2. The molecule has 0 heterocycles. The second kappa shape index (κ2) is 4.61. The lowest BCUT2D eigenvalue weighted by atomic mass is 9.79. The van der Waals surface area contributed by atoms with E-state index in [2.05, 4.69) is 21.1 Å². The van der Waals surface area contributed by atoms with Gasteiger partial charge in [0.05, 0.1) is 0 Å². The maximum Gasteiger partial charge on any atom is 0.184 e. The van der Waals surface area contributed by atoms with Gasteiger partial charge in [-0.05, 0) is 67.4 Å². The number of nitrogens with one attached hydrogen (secondary N) is 2. The lowest BCUT2D eigenvalue weighted by Crippen LogP contribution is -2.31. The normalized spacial score (nSPS) is 45.5. The van der Waals surface area contributed by atoms with Gasteiger partial charge in [-0.15, -0.1) is 0 Å². The van der Waals surface area contributed by atoms with Gasteiger partial charge in [-0.25, -0.2) is 0 Å². The molecule has 6 nitrogen and oxygen atoms in total. The third kappa shape index (κ3) is 1.88. The Hall–Kier alpha value is -1.28. The van der Waals surface area contributed by atoms with E-state index in [4.69, 9.17) is 35.9 Å². The zero-order valence-electron chi connectivity index (χ0n) is 11.5. The summed E-state index contributed by atoms with van der Waals surface area (Å²) in [7, 11) is 0. The van der Waals surface area contributed by atoms with Crippen LogP contribution in [0.5, 0.6) is 0 Å². The van der Waals surface area contributed by atoms with Crippen molar-refractivity contribution in [1.82, 2.24) is 10.9 Å². The standard InChI is InChI=1S/C13H18N6S2/c14-12(20)18-16-8-2-4-5-3-9(17-19-13(15)21)11-7(5)1-6(4)10(8)11/h4-7,10-11H,1-3H2,(H3,14,18,20)(H3,15,19,21)/b16-8+,17-9+/t4-,5-,6-,7+,10-,11-/m1/s1. The van der Waals surface area contributed by atoms with Gasteiger partial charge in [0.25, 0.3) is 0 Å². The molecule has 21 heavy (non-hydrogen) atoms. The molecule has 0 amide bonds. The quantitative estimate of drug-likeness (QED) is 0.430. The Morgan fingerprint density at radius 3 is 1.67 bits per heavy atom. The summed E-state index contributed by atoms with van der Waals surface area (Å²) in [6, 6.07) is 0. The molecule has 0 saturated heterocycles. The van der Waals surface area contributed by atoms with E-state index in [9.17, 15) is 0 Å². The van der Waals surface area contributed by atoms with Crippen LogP contribution >= 0.6 is 24.4 Å². The Kier molecular flexibility index (Phi) is 2.94. The van der Waals surface area contributed by atoms with Gasteiger partial charge in [-0.1, -0.05) is 0 Å². The first-order valence-electron chi connectivity index (χ1n) is 7.30. The second-order valence-electron chi connectivity index (χ2n) is 6.51. The summed E-state index contributed by atoms with van der Waals surface area (Å²) in [5, 5.41) is 9.39. The lowest BCUT2D eigenvalue weighted by Gasteiger charge is -2.24. The van der Waals surface area contributed by atoms with E-state index < -0.39 is 0 Å². The number of rotatable bonds is 2. The van der Waals surface area contributed by atoms with Crippen molar-refractivity contribution in [1.29, 1.82) is 0 Å². The minimum Gasteiger partial charge on any atom is -0.375 e. The molecule has 0 spiro atoms. The Balaban J connectivity index is 1.63. The van der Waals surface area contributed by atoms with E-state index in [1.807, 2.05) is 0 Å². The monoisotopic (exact) mass is 322 g/mol. The van der Waals surface area contributed by atoms with Crippen LogP contribution in [-0.2, 0) is 0 Å². The van der Waals surface area contributed by atoms with E-state index in [-0.39, 0.29) is 10.2 Å². The van der Waals surface area contributed by atoms with Crippen LogP contribution < -0.4 is 22.3 Å². The first-order valence-corrected chi connectivity index (χ1v) is 8.11. The number of hydrogen-bond donors (Lipinski definition) is 4. The highest BCUT2D eigenvalue weighted by Gasteiger charge is 2.67. The van der Waals surface area contributed by atoms with E-state index in [0.717, 1.165) is 36.5 Å². The first kappa shape index (κ1) is 13.4. The largest absolute Gasteiger partial charge is 0.375 e. The molecule has 6 atom stereocenters. The van der Waals surface area contributed by atoms with Crippen molar-refractivity contribution in [3.8, 4) is 0 Å². The molecule has 0 unspecified atom stereocenters. The summed E-state index contributed by atoms with van der Waals surface area (Å²) in [6.07, 6.45) is 3.47. The molecule has 0 aromatic rings. The van der Waals surface area contributed by atoms with E-state index >= 15 is 0 Å². The van der Waals surface area contributed by atoms with Gasteiger partial charge in [-0.3, -0.25) is 10.9 Å². The summed E-state index contributed by atoms with van der Waals surface area (Å²) in [4.78, 5) is 0. The highest BCUT2D eigenvalue weighted by Crippen LogP contribution is 2.68. The van der Waals surface area contributed by atoms with Gasteiger partial charge >= 0.3 is 0 Å². The molecule has 0 radical (unpaired) electrons. The fraction of sp³-hybridized carbons (Fsp3) is 0.692. The van der Waals surface area contributed by atoms with Gasteiger partial charge < -0.3 is 11.5 Å². The Morgan fingerprint density at radius 1 is 0.857 bits per heavy atom. The Morgan fingerprint density at radius 2 is 1.29 bits per heavy atom. The number of thiocarbonyl (C=S) groups is 2. The molecule has 0 aromatic carbocycles. The molecule has 0 aromatic heterocycles. The van der Waals surface area contributed by atoms with Crippen LogP contribution in [0.3, 0.4) is 0 Å². The second-order valence-corrected chi connectivity index (χ2v) is 7.39. The molecule has 4 aliphatic carbocycles. The number of nitrogens with two attached hydrogens (primary N) is 2. The van der Waals surface area contributed by atoms with E-state index in [0.29, 0.717) is 11.8 Å². The van der Waals surface area contributed by atoms with Crippen LogP contribution in [0.2, 0.25) is 0 Å². The topological polar surface area (TPSA) is 101 Å². The van der Waals surface area contributed by atoms with Crippen LogP contribution in [0.4, 0.5) is 0 Å². The third-order valence-corrected chi connectivity index (χ3v) is 5.96. The zero-order chi connectivity index (χ0) is 14.7. The molecule has 4 aliphatic rings. The SMILES string of the molecule is NC(=S)N/N=C1\C[C@@H]2[C@H]3C/C(=N\NC(N)=S)[C@H]4[C@H]3C[C@H]2[C@H]14. The van der Waals surface area contributed by atoms with Crippen molar-refractivity contribution in [3.05, 3.63) is 0 Å². The van der Waals surface area contributed by atoms with Gasteiger partial charge in [0.2, 0.25) is 0 Å². The molecular weight excluding hydrogens is 304 g/mol. The summed E-state index contributed by atoms with van der Waals surface area (Å²) in [5.74, 6) is 4.00. The molecule has 8 heteroatoms. The molecule has 112 valence electrons. The smallest absolute Gasteiger partial charge is 0.184 e. The van der Waals surface area contributed by atoms with Gasteiger partial charge in [0.1, 0.15) is 0 Å². The minimum absolute atomic E-state index is 0.227. The third-order valence-electron chi connectivity index (χ3n) is 5.78. The highest BCUT2D eigenvalue weighted by atomic mass is 32.1. The molecule has 4 rings (SSSR count). The predicted molar refractivity (Wildman–Crippen MR) is 89.5 cm³/mol. The lowest BCUT2D eigenvalue weighted by molar-refractivity contribution is 0.242. The van der Waals surface area contributed by atoms with Crippen molar-refractivity contribution >= 4 is 46.1 Å². The van der Waals surface area contributed by atoms with Crippen LogP contribution in [0, 0.1) is 35.5 Å². The van der Waals surface area contributed by atoms with Gasteiger partial charge in [0.15, 0.2) is 10.2 Å². The summed E-state index contributed by atoms with van der Waals surface area (Å²) in [6.45, 7) is 0. The number of nitrogens with zero attached hydrogens (tertiary/aromatic N) is 2. The summed E-state index contributed by atoms with van der Waals surface area (Å²) >= 11 is 9.70. The Bertz CT molecular complexity index is 531. The van der Waals surface area contributed by atoms with Crippen LogP contribution in [0.25, 0.3) is 0 Å². The highest BCUT2D eigenvalue weighted by molar-refractivity contribution is 7.80. The molecule has 6 N–H and O–H groups in total.